The maximum absolute atomic E-state index is 13.5. The lowest BCUT2D eigenvalue weighted by Gasteiger charge is -2.28. The number of carbonyl (C=O) groups is 3. The Hall–Kier alpha value is -3.97. The zero-order chi connectivity index (χ0) is 26.5. The minimum absolute atomic E-state index is 0.0482. The quantitative estimate of drug-likeness (QED) is 0.302. The van der Waals surface area contributed by atoms with Crippen molar-refractivity contribution in [1.29, 1.82) is 0 Å². The average Bonchev–Trinajstić information content (AvgIpc) is 2.89. The third-order valence-corrected chi connectivity index (χ3v) is 6.40. The number of ether oxygens (including phenoxy) is 2. The van der Waals surface area contributed by atoms with Gasteiger partial charge in [-0.1, -0.05) is 41.9 Å². The van der Waals surface area contributed by atoms with Crippen molar-refractivity contribution in [2.75, 3.05) is 19.0 Å². The van der Waals surface area contributed by atoms with Gasteiger partial charge >= 0.3 is 5.97 Å². The molecule has 0 bridgehead atoms. The molecule has 0 saturated heterocycles. The summed E-state index contributed by atoms with van der Waals surface area (Å²) in [6, 6.07) is 17.5. The Morgan fingerprint density at radius 2 is 1.76 bits per heavy atom. The Bertz CT molecular complexity index is 1350. The number of methoxy groups -OCH3 is 1. The van der Waals surface area contributed by atoms with Crippen LogP contribution >= 0.6 is 11.6 Å². The summed E-state index contributed by atoms with van der Waals surface area (Å²) in [4.78, 5) is 38.5. The van der Waals surface area contributed by atoms with Crippen LogP contribution in [0.2, 0.25) is 5.02 Å². The minimum Gasteiger partial charge on any atom is -0.496 e. The zero-order valence-corrected chi connectivity index (χ0v) is 21.1. The topological polar surface area (TPSA) is 81.7 Å². The van der Waals surface area contributed by atoms with E-state index in [-0.39, 0.29) is 24.7 Å². The lowest BCUT2D eigenvalue weighted by atomic mass is 9.75. The van der Waals surface area contributed by atoms with Crippen LogP contribution in [0.25, 0.3) is 5.57 Å². The normalized spacial score (nSPS) is 17.1. The van der Waals surface area contributed by atoms with Crippen molar-refractivity contribution < 1.29 is 28.2 Å². The van der Waals surface area contributed by atoms with E-state index in [1.807, 2.05) is 6.08 Å². The van der Waals surface area contributed by atoms with Crippen molar-refractivity contribution in [2.45, 2.75) is 19.3 Å². The maximum atomic E-state index is 13.5. The minimum atomic E-state index is -1.000. The van der Waals surface area contributed by atoms with Crippen LogP contribution in [0.3, 0.4) is 0 Å². The van der Waals surface area contributed by atoms with E-state index in [9.17, 15) is 18.8 Å². The molecule has 0 fully saturated rings. The number of benzene rings is 3. The number of anilines is 1. The summed E-state index contributed by atoms with van der Waals surface area (Å²) < 4.78 is 23.9. The average molecular weight is 522 g/mol. The van der Waals surface area contributed by atoms with Crippen LogP contribution in [0, 0.1) is 11.7 Å². The van der Waals surface area contributed by atoms with Gasteiger partial charge in [0.25, 0.3) is 5.91 Å². The van der Waals surface area contributed by atoms with Gasteiger partial charge in [0.2, 0.25) is 0 Å². The third-order valence-electron chi connectivity index (χ3n) is 6.17. The van der Waals surface area contributed by atoms with Gasteiger partial charge in [0.15, 0.2) is 5.78 Å². The number of ketones is 1. The van der Waals surface area contributed by atoms with E-state index in [1.54, 1.807) is 55.5 Å². The summed E-state index contributed by atoms with van der Waals surface area (Å²) in [7, 11) is 1.47. The van der Waals surface area contributed by atoms with Crippen molar-refractivity contribution in [1.82, 2.24) is 0 Å². The van der Waals surface area contributed by atoms with Gasteiger partial charge in [-0.25, -0.2) is 4.39 Å². The van der Waals surface area contributed by atoms with E-state index in [2.05, 4.69) is 5.32 Å². The van der Waals surface area contributed by atoms with E-state index in [0.717, 1.165) is 11.1 Å². The molecule has 0 heterocycles. The van der Waals surface area contributed by atoms with Crippen molar-refractivity contribution in [3.8, 4) is 5.75 Å². The van der Waals surface area contributed by atoms with E-state index < -0.39 is 23.6 Å². The molecule has 4 rings (SSSR count). The zero-order valence-electron chi connectivity index (χ0n) is 20.3. The second-order valence-electron chi connectivity index (χ2n) is 8.52. The second-order valence-corrected chi connectivity index (χ2v) is 8.95. The SMILES string of the molecule is CCOC(=O)[C@@H]1C(=O)CC(c2ccc(NC(=O)c3cc(Cl)ccc3OC)cc2)=C[C@@H]1c1ccc(F)cc1. The van der Waals surface area contributed by atoms with Gasteiger partial charge in [0, 0.05) is 23.0 Å². The Balaban J connectivity index is 1.60. The number of Topliss-reactive ketones (excluding diaryl/α,β-unsaturated/α-hetero) is 1. The van der Waals surface area contributed by atoms with Gasteiger partial charge in [0.1, 0.15) is 17.5 Å². The summed E-state index contributed by atoms with van der Waals surface area (Å²) in [5.74, 6) is -2.84. The Morgan fingerprint density at radius 1 is 1.05 bits per heavy atom. The van der Waals surface area contributed by atoms with Crippen molar-refractivity contribution in [2.24, 2.45) is 5.92 Å². The molecule has 3 aromatic rings. The highest BCUT2D eigenvalue weighted by atomic mass is 35.5. The Morgan fingerprint density at radius 3 is 2.41 bits per heavy atom. The van der Waals surface area contributed by atoms with E-state index in [1.165, 1.54) is 25.3 Å². The second kappa shape index (κ2) is 11.4. The number of halogens is 2. The number of nitrogens with one attached hydrogen (secondary N) is 1. The molecule has 2 atom stereocenters. The van der Waals surface area contributed by atoms with Crippen LogP contribution < -0.4 is 10.1 Å². The molecule has 0 spiro atoms. The molecule has 0 saturated carbocycles. The molecule has 0 aliphatic heterocycles. The Labute approximate surface area is 219 Å². The molecular weight excluding hydrogens is 497 g/mol. The Kier molecular flexibility index (Phi) is 8.04. The molecule has 0 radical (unpaired) electrons. The summed E-state index contributed by atoms with van der Waals surface area (Å²) in [5, 5.41) is 3.22. The highest BCUT2D eigenvalue weighted by molar-refractivity contribution is 6.31. The third kappa shape index (κ3) is 5.89. The number of carbonyl (C=O) groups excluding carboxylic acids is 3. The smallest absolute Gasteiger partial charge is 0.317 e. The van der Waals surface area contributed by atoms with E-state index in [0.29, 0.717) is 27.6 Å². The van der Waals surface area contributed by atoms with Crippen molar-refractivity contribution >= 4 is 40.5 Å². The van der Waals surface area contributed by atoms with Crippen LogP contribution in [0.5, 0.6) is 5.75 Å². The molecule has 1 amide bonds. The highest BCUT2D eigenvalue weighted by Gasteiger charge is 2.39. The van der Waals surface area contributed by atoms with Gasteiger partial charge in [-0.2, -0.15) is 0 Å². The maximum Gasteiger partial charge on any atom is 0.317 e. The van der Waals surface area contributed by atoms with Crippen LogP contribution in [-0.4, -0.2) is 31.4 Å². The van der Waals surface area contributed by atoms with Gasteiger partial charge in [-0.15, -0.1) is 0 Å². The predicted molar refractivity (Wildman–Crippen MR) is 139 cm³/mol. The van der Waals surface area contributed by atoms with Crippen LogP contribution in [0.4, 0.5) is 10.1 Å². The fourth-order valence-corrected chi connectivity index (χ4v) is 4.55. The highest BCUT2D eigenvalue weighted by Crippen LogP contribution is 2.39. The number of rotatable bonds is 7. The summed E-state index contributed by atoms with van der Waals surface area (Å²) >= 11 is 6.03. The first-order chi connectivity index (χ1) is 17.8. The fraction of sp³-hybridized carbons (Fsp3) is 0.207. The molecule has 37 heavy (non-hydrogen) atoms. The number of hydrogen-bond acceptors (Lipinski definition) is 5. The summed E-state index contributed by atoms with van der Waals surface area (Å²) in [6.45, 7) is 1.84. The van der Waals surface area contributed by atoms with Crippen molar-refractivity contribution in [3.63, 3.8) is 0 Å². The number of esters is 1. The van der Waals surface area contributed by atoms with E-state index in [4.69, 9.17) is 21.1 Å². The summed E-state index contributed by atoms with van der Waals surface area (Å²) in [6.07, 6.45) is 1.91. The number of amides is 1. The molecule has 1 aliphatic rings. The first-order valence-corrected chi connectivity index (χ1v) is 12.1. The molecule has 0 aromatic heterocycles. The molecule has 8 heteroatoms. The largest absolute Gasteiger partial charge is 0.496 e. The first kappa shape index (κ1) is 26.1. The molecule has 0 unspecified atom stereocenters. The molecule has 6 nitrogen and oxygen atoms in total. The van der Waals surface area contributed by atoms with Crippen LogP contribution in [0.1, 0.15) is 40.7 Å². The molecule has 1 aliphatic carbocycles. The fourth-order valence-electron chi connectivity index (χ4n) is 4.38. The van der Waals surface area contributed by atoms with Crippen molar-refractivity contribution in [3.05, 3.63) is 100 Å². The predicted octanol–water partition coefficient (Wildman–Crippen LogP) is 6.06. The number of allylic oxidation sites excluding steroid dienone is 2. The lowest BCUT2D eigenvalue weighted by Crippen LogP contribution is -2.34. The van der Waals surface area contributed by atoms with Gasteiger partial charge in [0.05, 0.1) is 19.3 Å². The van der Waals surface area contributed by atoms with Gasteiger partial charge < -0.3 is 14.8 Å². The number of hydrogen-bond donors (Lipinski definition) is 1. The van der Waals surface area contributed by atoms with Gasteiger partial charge in [-0.3, -0.25) is 14.4 Å². The molecule has 190 valence electrons. The van der Waals surface area contributed by atoms with E-state index >= 15 is 0 Å². The van der Waals surface area contributed by atoms with Crippen LogP contribution in [-0.2, 0) is 14.3 Å². The molecule has 1 N–H and O–H groups in total. The first-order valence-electron chi connectivity index (χ1n) is 11.7. The lowest BCUT2D eigenvalue weighted by molar-refractivity contribution is -0.152. The monoisotopic (exact) mass is 521 g/mol. The standard InChI is InChI=1S/C29H25ClFNO5/c1-3-37-29(35)27-23(18-4-9-21(31)10-5-18)14-19(15-25(27)33)17-6-11-22(12-7-17)32-28(34)24-16-20(30)8-13-26(24)36-2/h4-14,16,23,27H,3,15H2,1-2H3,(H,32,34)/t23-,27+/m1/s1. The van der Waals surface area contributed by atoms with Crippen LogP contribution in [0.15, 0.2) is 72.8 Å². The van der Waals surface area contributed by atoms with Gasteiger partial charge in [-0.05, 0) is 66.1 Å². The summed E-state index contributed by atoms with van der Waals surface area (Å²) in [5.41, 5.74) is 2.98. The molecule has 3 aromatic carbocycles. The molecular formula is C29H25ClFNO5.